The molecule has 0 aliphatic heterocycles. The number of hydrogen-bond acceptors (Lipinski definition) is 3. The number of nitrogens with one attached hydrogen (secondary N) is 1. The molecule has 0 aliphatic carbocycles. The summed E-state index contributed by atoms with van der Waals surface area (Å²) in [5.74, 6) is -2.05. The summed E-state index contributed by atoms with van der Waals surface area (Å²) < 4.78 is 27.2. The molecule has 106 valence electrons. The molecule has 0 fully saturated rings. The van der Waals surface area contributed by atoms with Gasteiger partial charge in [-0.05, 0) is 24.6 Å². The van der Waals surface area contributed by atoms with Crippen molar-refractivity contribution in [2.75, 3.05) is 17.7 Å². The zero-order valence-corrected chi connectivity index (χ0v) is 11.0. The van der Waals surface area contributed by atoms with Crippen LogP contribution in [0.2, 0.25) is 0 Å². The van der Waals surface area contributed by atoms with Crippen molar-refractivity contribution in [2.24, 2.45) is 0 Å². The van der Waals surface area contributed by atoms with E-state index in [2.05, 4.69) is 5.32 Å². The molecular formula is C15H16F2N2O. The number of hydrogen-bond donors (Lipinski definition) is 3. The van der Waals surface area contributed by atoms with E-state index in [0.717, 1.165) is 11.6 Å². The molecule has 0 bridgehead atoms. The Hall–Kier alpha value is -2.14. The summed E-state index contributed by atoms with van der Waals surface area (Å²) >= 11 is 0. The van der Waals surface area contributed by atoms with Gasteiger partial charge in [-0.15, -0.1) is 0 Å². The molecule has 5 heteroatoms. The van der Waals surface area contributed by atoms with Crippen molar-refractivity contribution < 1.29 is 13.9 Å². The smallest absolute Gasteiger partial charge is 0.184 e. The van der Waals surface area contributed by atoms with E-state index in [-0.39, 0.29) is 18.0 Å². The van der Waals surface area contributed by atoms with Crippen LogP contribution in [0.15, 0.2) is 42.5 Å². The van der Waals surface area contributed by atoms with Crippen molar-refractivity contribution in [3.63, 3.8) is 0 Å². The molecule has 0 heterocycles. The van der Waals surface area contributed by atoms with Gasteiger partial charge in [-0.1, -0.05) is 30.3 Å². The van der Waals surface area contributed by atoms with Gasteiger partial charge in [0.05, 0.1) is 23.5 Å². The van der Waals surface area contributed by atoms with Gasteiger partial charge in [-0.25, -0.2) is 8.78 Å². The van der Waals surface area contributed by atoms with E-state index in [9.17, 15) is 13.9 Å². The molecule has 1 atom stereocenters. The van der Waals surface area contributed by atoms with Crippen molar-refractivity contribution in [2.45, 2.75) is 12.5 Å². The minimum atomic E-state index is -1.05. The zero-order chi connectivity index (χ0) is 14.8. The molecule has 4 N–H and O–H groups in total. The van der Waals surface area contributed by atoms with E-state index >= 15 is 0 Å². The van der Waals surface area contributed by atoms with Crippen molar-refractivity contribution in [1.82, 2.24) is 0 Å². The van der Waals surface area contributed by atoms with Gasteiger partial charge >= 0.3 is 0 Å². The van der Waals surface area contributed by atoms with E-state index in [1.54, 1.807) is 31.2 Å². The predicted octanol–water partition coefficient (Wildman–Crippen LogP) is 2.87. The number of aliphatic hydroxyl groups excluding tert-OH is 1. The molecule has 0 spiro atoms. The topological polar surface area (TPSA) is 58.3 Å². The fourth-order valence-electron chi connectivity index (χ4n) is 1.98. The fourth-order valence-corrected chi connectivity index (χ4v) is 1.98. The first-order valence-corrected chi connectivity index (χ1v) is 6.16. The van der Waals surface area contributed by atoms with Gasteiger partial charge in [-0.3, -0.25) is 0 Å². The molecule has 0 amide bonds. The van der Waals surface area contributed by atoms with Crippen LogP contribution >= 0.6 is 0 Å². The van der Waals surface area contributed by atoms with Gasteiger partial charge in [0.25, 0.3) is 0 Å². The lowest BCUT2D eigenvalue weighted by Crippen LogP contribution is -2.36. The number of rotatable bonds is 4. The van der Waals surface area contributed by atoms with Gasteiger partial charge in [0, 0.05) is 0 Å². The molecule has 0 aliphatic rings. The first-order chi connectivity index (χ1) is 9.48. The summed E-state index contributed by atoms with van der Waals surface area (Å²) in [5.41, 5.74) is 5.39. The van der Waals surface area contributed by atoms with E-state index in [4.69, 9.17) is 5.73 Å². The molecule has 20 heavy (non-hydrogen) atoms. The van der Waals surface area contributed by atoms with Crippen LogP contribution in [-0.2, 0) is 5.54 Å². The average molecular weight is 278 g/mol. The average Bonchev–Trinajstić information content (AvgIpc) is 2.48. The molecule has 2 aromatic carbocycles. The van der Waals surface area contributed by atoms with Crippen LogP contribution in [0.1, 0.15) is 12.5 Å². The Kier molecular flexibility index (Phi) is 3.90. The fraction of sp³-hybridized carbons (Fsp3) is 0.200. The highest BCUT2D eigenvalue weighted by Crippen LogP contribution is 2.31. The highest BCUT2D eigenvalue weighted by Gasteiger charge is 2.28. The lowest BCUT2D eigenvalue weighted by Gasteiger charge is -2.31. The first kappa shape index (κ1) is 14.3. The normalized spacial score (nSPS) is 13.8. The number of benzene rings is 2. The number of halogens is 2. The Labute approximate surface area is 116 Å². The van der Waals surface area contributed by atoms with Crippen LogP contribution < -0.4 is 11.1 Å². The highest BCUT2D eigenvalue weighted by atomic mass is 19.2. The van der Waals surface area contributed by atoms with Crippen molar-refractivity contribution in [1.29, 1.82) is 0 Å². The van der Waals surface area contributed by atoms with E-state index in [1.807, 2.05) is 6.07 Å². The Balaban J connectivity index is 2.44. The second kappa shape index (κ2) is 5.46. The minimum Gasteiger partial charge on any atom is -0.397 e. The van der Waals surface area contributed by atoms with Crippen LogP contribution in [0.3, 0.4) is 0 Å². The summed E-state index contributed by atoms with van der Waals surface area (Å²) in [4.78, 5) is 0. The molecule has 0 radical (unpaired) electrons. The van der Waals surface area contributed by atoms with Crippen molar-refractivity contribution >= 4 is 11.4 Å². The molecular weight excluding hydrogens is 262 g/mol. The first-order valence-electron chi connectivity index (χ1n) is 6.16. The third kappa shape index (κ3) is 2.58. The summed E-state index contributed by atoms with van der Waals surface area (Å²) in [6, 6.07) is 11.3. The number of anilines is 2. The van der Waals surface area contributed by atoms with Gasteiger partial charge in [0.2, 0.25) is 0 Å². The highest BCUT2D eigenvalue weighted by molar-refractivity contribution is 5.68. The Morgan fingerprint density at radius 2 is 1.80 bits per heavy atom. The molecule has 0 saturated carbocycles. The van der Waals surface area contributed by atoms with Crippen molar-refractivity contribution in [3.05, 3.63) is 59.7 Å². The third-order valence-electron chi connectivity index (χ3n) is 3.26. The van der Waals surface area contributed by atoms with Crippen molar-refractivity contribution in [3.8, 4) is 0 Å². The van der Waals surface area contributed by atoms with Gasteiger partial charge in [-0.2, -0.15) is 0 Å². The maximum atomic E-state index is 13.8. The maximum Gasteiger partial charge on any atom is 0.184 e. The lowest BCUT2D eigenvalue weighted by molar-refractivity contribution is 0.223. The van der Waals surface area contributed by atoms with Crippen LogP contribution in [0.25, 0.3) is 0 Å². The van der Waals surface area contributed by atoms with Crippen LogP contribution in [-0.4, -0.2) is 11.7 Å². The monoisotopic (exact) mass is 278 g/mol. The molecule has 0 aromatic heterocycles. The van der Waals surface area contributed by atoms with Crippen LogP contribution in [0.5, 0.6) is 0 Å². The third-order valence-corrected chi connectivity index (χ3v) is 3.26. The number of aliphatic hydroxyl groups is 1. The largest absolute Gasteiger partial charge is 0.397 e. The number of nitrogens with two attached hydrogens (primary N) is 1. The molecule has 0 saturated heterocycles. The standard InChI is InChI=1S/C15H16F2N2O/c1-15(9-20,10-5-3-2-4-6-10)19-14-12(18)8-7-11(16)13(14)17/h2-8,19-20H,9,18H2,1H3. The predicted molar refractivity (Wildman–Crippen MR) is 75.3 cm³/mol. The zero-order valence-electron chi connectivity index (χ0n) is 11.0. The Morgan fingerprint density at radius 3 is 2.40 bits per heavy atom. The minimum absolute atomic E-state index is 0.0829. The lowest BCUT2D eigenvalue weighted by atomic mass is 9.92. The molecule has 1 unspecified atom stereocenters. The quantitative estimate of drug-likeness (QED) is 0.754. The second-order valence-electron chi connectivity index (χ2n) is 4.81. The SMILES string of the molecule is CC(CO)(Nc1c(N)ccc(F)c1F)c1ccccc1. The molecule has 3 nitrogen and oxygen atoms in total. The van der Waals surface area contributed by atoms with E-state index < -0.39 is 17.2 Å². The van der Waals surface area contributed by atoms with Gasteiger partial charge < -0.3 is 16.2 Å². The van der Waals surface area contributed by atoms with Crippen LogP contribution in [0, 0.1) is 11.6 Å². The van der Waals surface area contributed by atoms with Gasteiger partial charge in [0.15, 0.2) is 11.6 Å². The molecule has 2 rings (SSSR count). The van der Waals surface area contributed by atoms with E-state index in [1.165, 1.54) is 6.07 Å². The van der Waals surface area contributed by atoms with E-state index in [0.29, 0.717) is 0 Å². The van der Waals surface area contributed by atoms with Gasteiger partial charge in [0.1, 0.15) is 0 Å². The maximum absolute atomic E-state index is 13.8. The summed E-state index contributed by atoms with van der Waals surface area (Å²) in [7, 11) is 0. The Bertz CT molecular complexity index is 604. The molecule has 2 aromatic rings. The number of nitrogen functional groups attached to an aromatic ring is 1. The summed E-state index contributed by atoms with van der Waals surface area (Å²) in [6.45, 7) is 1.39. The van der Waals surface area contributed by atoms with Crippen LogP contribution in [0.4, 0.5) is 20.2 Å². The Morgan fingerprint density at radius 1 is 1.15 bits per heavy atom. The summed E-state index contributed by atoms with van der Waals surface area (Å²) in [5, 5.41) is 12.4. The second-order valence-corrected chi connectivity index (χ2v) is 4.81. The summed E-state index contributed by atoms with van der Waals surface area (Å²) in [6.07, 6.45) is 0.